The Morgan fingerprint density at radius 2 is 2.00 bits per heavy atom. The van der Waals surface area contributed by atoms with Gasteiger partial charge in [-0.15, -0.1) is 10.2 Å². The van der Waals surface area contributed by atoms with E-state index in [-0.39, 0.29) is 17.5 Å². The van der Waals surface area contributed by atoms with E-state index in [1.807, 2.05) is 7.05 Å². The van der Waals surface area contributed by atoms with E-state index < -0.39 is 0 Å². The van der Waals surface area contributed by atoms with E-state index in [0.29, 0.717) is 34.0 Å². The maximum Gasteiger partial charge on any atom is 0.234 e. The van der Waals surface area contributed by atoms with E-state index in [1.165, 1.54) is 31.0 Å². The standard InChI is InChI=1S/C19H19ClFN5O2S/c1-26-17(10-22-14-6-4-13(21)5-7-14)24-25-19(26)29-11-18(27)23-15-9-12(20)3-8-16(15)28-2/h3-9,22H,10-11H2,1-2H3,(H,23,27). The Labute approximate surface area is 176 Å². The van der Waals surface area contributed by atoms with Gasteiger partial charge in [0.25, 0.3) is 0 Å². The van der Waals surface area contributed by atoms with Crippen molar-refractivity contribution < 1.29 is 13.9 Å². The molecule has 0 radical (unpaired) electrons. The van der Waals surface area contributed by atoms with Crippen LogP contribution in [0.5, 0.6) is 5.75 Å². The summed E-state index contributed by atoms with van der Waals surface area (Å²) >= 11 is 7.24. The summed E-state index contributed by atoms with van der Waals surface area (Å²) in [6.45, 7) is 0.418. The molecule has 0 fully saturated rings. The number of benzene rings is 2. The number of thioether (sulfide) groups is 1. The van der Waals surface area contributed by atoms with Crippen molar-refractivity contribution in [2.24, 2.45) is 7.05 Å². The second-order valence-electron chi connectivity index (χ2n) is 6.00. The summed E-state index contributed by atoms with van der Waals surface area (Å²) in [6, 6.07) is 11.1. The third kappa shape index (κ3) is 5.61. The van der Waals surface area contributed by atoms with Gasteiger partial charge in [0.05, 0.1) is 25.1 Å². The number of carbonyl (C=O) groups excluding carboxylic acids is 1. The summed E-state index contributed by atoms with van der Waals surface area (Å²) in [6.07, 6.45) is 0. The first-order valence-electron chi connectivity index (χ1n) is 8.60. The maximum atomic E-state index is 13.0. The number of hydrogen-bond acceptors (Lipinski definition) is 6. The second-order valence-corrected chi connectivity index (χ2v) is 7.38. The average Bonchev–Trinajstić information content (AvgIpc) is 3.06. The van der Waals surface area contributed by atoms with Crippen LogP contribution in [0.1, 0.15) is 5.82 Å². The van der Waals surface area contributed by atoms with Crippen LogP contribution in [0.4, 0.5) is 15.8 Å². The molecule has 2 aromatic carbocycles. The van der Waals surface area contributed by atoms with E-state index in [1.54, 1.807) is 34.9 Å². The molecule has 1 aromatic heterocycles. The van der Waals surface area contributed by atoms with Crippen LogP contribution in [0.15, 0.2) is 47.6 Å². The van der Waals surface area contributed by atoms with Gasteiger partial charge in [0.1, 0.15) is 11.6 Å². The van der Waals surface area contributed by atoms with Gasteiger partial charge in [-0.3, -0.25) is 4.79 Å². The maximum absolute atomic E-state index is 13.0. The van der Waals surface area contributed by atoms with Crippen molar-refractivity contribution >= 4 is 40.6 Å². The molecule has 0 bridgehead atoms. The van der Waals surface area contributed by atoms with Crippen LogP contribution >= 0.6 is 23.4 Å². The molecule has 0 unspecified atom stereocenters. The Kier molecular flexibility index (Phi) is 6.95. The zero-order chi connectivity index (χ0) is 20.8. The number of nitrogens with one attached hydrogen (secondary N) is 2. The van der Waals surface area contributed by atoms with Crippen LogP contribution in [0.2, 0.25) is 5.02 Å². The number of carbonyl (C=O) groups is 1. The molecule has 3 aromatic rings. The molecule has 0 saturated carbocycles. The van der Waals surface area contributed by atoms with Crippen LogP contribution in [-0.2, 0) is 18.4 Å². The minimum absolute atomic E-state index is 0.146. The number of aromatic nitrogens is 3. The molecular weight excluding hydrogens is 417 g/mol. The second kappa shape index (κ2) is 9.62. The van der Waals surface area contributed by atoms with Gasteiger partial charge in [-0.05, 0) is 42.5 Å². The van der Waals surface area contributed by atoms with Crippen LogP contribution in [0.3, 0.4) is 0 Å². The molecule has 0 aliphatic carbocycles. The highest BCUT2D eigenvalue weighted by molar-refractivity contribution is 7.99. The number of halogens is 2. The first kappa shape index (κ1) is 20.9. The molecule has 0 aliphatic heterocycles. The van der Waals surface area contributed by atoms with Gasteiger partial charge in [-0.2, -0.15) is 0 Å². The fourth-order valence-corrected chi connectivity index (χ4v) is 3.37. The lowest BCUT2D eigenvalue weighted by molar-refractivity contribution is -0.113. The quantitative estimate of drug-likeness (QED) is 0.521. The van der Waals surface area contributed by atoms with Crippen LogP contribution in [-0.4, -0.2) is 33.5 Å². The van der Waals surface area contributed by atoms with E-state index in [0.717, 1.165) is 5.69 Å². The Bertz CT molecular complexity index is 997. The first-order chi connectivity index (χ1) is 14.0. The topological polar surface area (TPSA) is 81.1 Å². The summed E-state index contributed by atoms with van der Waals surface area (Å²) in [5.41, 5.74) is 1.28. The third-order valence-electron chi connectivity index (χ3n) is 3.99. The molecule has 29 heavy (non-hydrogen) atoms. The fraction of sp³-hybridized carbons (Fsp3) is 0.211. The molecule has 0 aliphatic rings. The number of hydrogen-bond donors (Lipinski definition) is 2. The molecule has 0 spiro atoms. The molecule has 7 nitrogen and oxygen atoms in total. The molecule has 10 heteroatoms. The van der Waals surface area contributed by atoms with Crippen molar-refractivity contribution in [3.63, 3.8) is 0 Å². The Morgan fingerprint density at radius 3 is 2.72 bits per heavy atom. The largest absolute Gasteiger partial charge is 0.495 e. The van der Waals surface area contributed by atoms with Crippen molar-refractivity contribution in [1.29, 1.82) is 0 Å². The lowest BCUT2D eigenvalue weighted by Gasteiger charge is -2.10. The van der Waals surface area contributed by atoms with E-state index in [4.69, 9.17) is 16.3 Å². The Hall–Kier alpha value is -2.78. The highest BCUT2D eigenvalue weighted by atomic mass is 35.5. The van der Waals surface area contributed by atoms with E-state index in [9.17, 15) is 9.18 Å². The number of anilines is 2. The molecule has 0 atom stereocenters. The zero-order valence-electron chi connectivity index (χ0n) is 15.8. The normalized spacial score (nSPS) is 10.6. The molecule has 1 heterocycles. The van der Waals surface area contributed by atoms with Crippen molar-refractivity contribution in [1.82, 2.24) is 14.8 Å². The van der Waals surface area contributed by atoms with Gasteiger partial charge >= 0.3 is 0 Å². The van der Waals surface area contributed by atoms with Crippen molar-refractivity contribution in [3.8, 4) is 5.75 Å². The minimum Gasteiger partial charge on any atom is -0.495 e. The summed E-state index contributed by atoms with van der Waals surface area (Å²) in [5, 5.41) is 15.3. The van der Waals surface area contributed by atoms with Gasteiger partial charge in [0.15, 0.2) is 11.0 Å². The van der Waals surface area contributed by atoms with Crippen molar-refractivity contribution in [3.05, 3.63) is 59.1 Å². The van der Waals surface area contributed by atoms with Gasteiger partial charge in [-0.25, -0.2) is 4.39 Å². The van der Waals surface area contributed by atoms with Gasteiger partial charge in [0, 0.05) is 17.8 Å². The SMILES string of the molecule is COc1ccc(Cl)cc1NC(=O)CSc1nnc(CNc2ccc(F)cc2)n1C. The number of ether oxygens (including phenoxy) is 1. The van der Waals surface area contributed by atoms with Crippen LogP contribution in [0, 0.1) is 5.82 Å². The van der Waals surface area contributed by atoms with E-state index >= 15 is 0 Å². The average molecular weight is 436 g/mol. The van der Waals surface area contributed by atoms with E-state index in [2.05, 4.69) is 20.8 Å². The predicted molar refractivity (Wildman–Crippen MR) is 112 cm³/mol. The van der Waals surface area contributed by atoms with Crippen LogP contribution in [0.25, 0.3) is 0 Å². The lowest BCUT2D eigenvalue weighted by atomic mass is 10.3. The summed E-state index contributed by atoms with van der Waals surface area (Å²) in [4.78, 5) is 12.3. The smallest absolute Gasteiger partial charge is 0.234 e. The summed E-state index contributed by atoms with van der Waals surface area (Å²) in [5.74, 6) is 0.855. The predicted octanol–water partition coefficient (Wildman–Crippen LogP) is 3.96. The number of rotatable bonds is 8. The zero-order valence-corrected chi connectivity index (χ0v) is 17.4. The van der Waals surface area contributed by atoms with Gasteiger partial charge < -0.3 is 19.9 Å². The lowest BCUT2D eigenvalue weighted by Crippen LogP contribution is -2.15. The summed E-state index contributed by atoms with van der Waals surface area (Å²) in [7, 11) is 3.34. The van der Waals surface area contributed by atoms with Gasteiger partial charge in [-0.1, -0.05) is 23.4 Å². The molecule has 1 amide bonds. The van der Waals surface area contributed by atoms with Crippen LogP contribution < -0.4 is 15.4 Å². The summed E-state index contributed by atoms with van der Waals surface area (Å²) < 4.78 is 20.0. The monoisotopic (exact) mass is 435 g/mol. The van der Waals surface area contributed by atoms with Crippen molar-refractivity contribution in [2.75, 3.05) is 23.5 Å². The van der Waals surface area contributed by atoms with Gasteiger partial charge in [0.2, 0.25) is 5.91 Å². The highest BCUT2D eigenvalue weighted by Crippen LogP contribution is 2.28. The number of methoxy groups -OCH3 is 1. The fourth-order valence-electron chi connectivity index (χ4n) is 2.47. The highest BCUT2D eigenvalue weighted by Gasteiger charge is 2.13. The molecule has 3 rings (SSSR count). The minimum atomic E-state index is -0.290. The Morgan fingerprint density at radius 1 is 1.24 bits per heavy atom. The first-order valence-corrected chi connectivity index (χ1v) is 9.96. The molecular formula is C19H19ClFN5O2S. The molecule has 152 valence electrons. The number of nitrogens with zero attached hydrogens (tertiary/aromatic N) is 3. The third-order valence-corrected chi connectivity index (χ3v) is 5.24. The molecule has 0 saturated heterocycles. The Balaban J connectivity index is 1.55. The number of amides is 1. The van der Waals surface area contributed by atoms with Crippen molar-refractivity contribution in [2.45, 2.75) is 11.7 Å². The molecule has 2 N–H and O–H groups in total.